The smallest absolute Gasteiger partial charge is 0.257 e. The van der Waals surface area contributed by atoms with Gasteiger partial charge in [0.2, 0.25) is 0 Å². The molecule has 0 aliphatic carbocycles. The molecule has 0 bridgehead atoms. The van der Waals surface area contributed by atoms with Gasteiger partial charge < -0.3 is 4.90 Å². The predicted octanol–water partition coefficient (Wildman–Crippen LogP) is 1.55. The van der Waals surface area contributed by atoms with Crippen LogP contribution in [0.15, 0.2) is 30.5 Å². The van der Waals surface area contributed by atoms with E-state index in [1.165, 1.54) is 11.8 Å². The minimum atomic E-state index is -2.96. The summed E-state index contributed by atoms with van der Waals surface area (Å²) in [5.41, 5.74) is 3.69. The molecule has 8 heteroatoms. The third kappa shape index (κ3) is 4.80. The molecular formula is C20H28N4O3S. The lowest BCUT2D eigenvalue weighted by atomic mass is 10.1. The van der Waals surface area contributed by atoms with Crippen molar-refractivity contribution in [2.75, 3.05) is 44.7 Å². The van der Waals surface area contributed by atoms with Crippen molar-refractivity contribution in [2.24, 2.45) is 0 Å². The van der Waals surface area contributed by atoms with Gasteiger partial charge in [-0.15, -0.1) is 0 Å². The first kappa shape index (κ1) is 20.5. The third-order valence-electron chi connectivity index (χ3n) is 5.15. The van der Waals surface area contributed by atoms with Gasteiger partial charge >= 0.3 is 0 Å². The molecule has 1 aliphatic rings. The summed E-state index contributed by atoms with van der Waals surface area (Å²) in [5.74, 6) is 0.155. The normalized spacial score (nSPS) is 15.8. The first-order chi connectivity index (χ1) is 13.3. The van der Waals surface area contributed by atoms with Gasteiger partial charge in [-0.2, -0.15) is 5.10 Å². The highest BCUT2D eigenvalue weighted by atomic mass is 32.2. The van der Waals surface area contributed by atoms with Crippen LogP contribution in [0.3, 0.4) is 0 Å². The molecule has 0 radical (unpaired) electrons. The highest BCUT2D eigenvalue weighted by Crippen LogP contribution is 2.19. The lowest BCUT2D eigenvalue weighted by Crippen LogP contribution is -2.49. The van der Waals surface area contributed by atoms with Gasteiger partial charge in [0.05, 0.1) is 28.9 Å². The number of carbonyl (C=O) groups is 1. The summed E-state index contributed by atoms with van der Waals surface area (Å²) in [5, 5.41) is 4.47. The van der Waals surface area contributed by atoms with Crippen LogP contribution in [-0.4, -0.2) is 78.6 Å². The largest absolute Gasteiger partial charge is 0.336 e. The first-order valence-corrected chi connectivity index (χ1v) is 11.7. The van der Waals surface area contributed by atoms with Crippen LogP contribution in [0, 0.1) is 6.92 Å². The maximum atomic E-state index is 13.1. The molecule has 0 atom stereocenters. The van der Waals surface area contributed by atoms with Crippen molar-refractivity contribution in [3.63, 3.8) is 0 Å². The van der Waals surface area contributed by atoms with Crippen LogP contribution < -0.4 is 0 Å². The number of sulfone groups is 1. The summed E-state index contributed by atoms with van der Waals surface area (Å²) in [7, 11) is -2.96. The molecule has 0 saturated carbocycles. The highest BCUT2D eigenvalue weighted by Gasteiger charge is 2.26. The van der Waals surface area contributed by atoms with Gasteiger partial charge in [0.25, 0.3) is 5.91 Å². The Morgan fingerprint density at radius 2 is 1.75 bits per heavy atom. The lowest BCUT2D eigenvalue weighted by molar-refractivity contribution is 0.0643. The summed E-state index contributed by atoms with van der Waals surface area (Å²) < 4.78 is 24.5. The Balaban J connectivity index is 1.69. The van der Waals surface area contributed by atoms with Crippen molar-refractivity contribution in [3.05, 3.63) is 47.3 Å². The monoisotopic (exact) mass is 404 g/mol. The summed E-state index contributed by atoms with van der Waals surface area (Å²) in [6.45, 7) is 7.17. The number of nitrogens with zero attached hydrogens (tertiary/aromatic N) is 4. The highest BCUT2D eigenvalue weighted by molar-refractivity contribution is 7.90. The Morgan fingerprint density at radius 3 is 2.32 bits per heavy atom. The molecule has 28 heavy (non-hydrogen) atoms. The minimum Gasteiger partial charge on any atom is -0.336 e. The van der Waals surface area contributed by atoms with Crippen LogP contribution in [0.25, 0.3) is 5.69 Å². The van der Waals surface area contributed by atoms with Crippen molar-refractivity contribution in [2.45, 2.75) is 20.3 Å². The van der Waals surface area contributed by atoms with Gasteiger partial charge in [-0.05, 0) is 25.5 Å². The fraction of sp³-hybridized carbons (Fsp3) is 0.500. The molecule has 1 aromatic heterocycles. The van der Waals surface area contributed by atoms with E-state index in [4.69, 9.17) is 0 Å². The van der Waals surface area contributed by atoms with E-state index in [1.54, 1.807) is 6.20 Å². The zero-order valence-corrected chi connectivity index (χ0v) is 17.6. The lowest BCUT2D eigenvalue weighted by Gasteiger charge is -2.34. The molecule has 1 aliphatic heterocycles. The van der Waals surface area contributed by atoms with E-state index in [9.17, 15) is 13.2 Å². The van der Waals surface area contributed by atoms with Crippen molar-refractivity contribution >= 4 is 15.7 Å². The zero-order valence-electron chi connectivity index (χ0n) is 16.8. The number of rotatable bonds is 6. The van der Waals surface area contributed by atoms with Crippen LogP contribution in [0.4, 0.5) is 0 Å². The topological polar surface area (TPSA) is 75.5 Å². The molecule has 152 valence electrons. The number of hydrogen-bond donors (Lipinski definition) is 0. The SMILES string of the molecule is CCc1c(C(=O)N2CCN(CCS(C)(=O)=O)CC2)cnn1-c1ccc(C)cc1. The van der Waals surface area contributed by atoms with Crippen LogP contribution in [0.2, 0.25) is 0 Å². The fourth-order valence-electron chi connectivity index (χ4n) is 3.44. The van der Waals surface area contributed by atoms with Crippen molar-refractivity contribution in [1.29, 1.82) is 0 Å². The standard InChI is InChI=1S/C20H28N4O3S/c1-4-19-18(15-21-24(19)17-7-5-16(2)6-8-17)20(25)23-11-9-22(10-12-23)13-14-28(3,26)27/h5-8,15H,4,9-14H2,1-3H3. The zero-order chi connectivity index (χ0) is 20.3. The second kappa shape index (κ2) is 8.45. The molecule has 2 aromatic rings. The maximum Gasteiger partial charge on any atom is 0.257 e. The van der Waals surface area contributed by atoms with E-state index in [-0.39, 0.29) is 11.7 Å². The molecule has 0 N–H and O–H groups in total. The fourth-order valence-corrected chi connectivity index (χ4v) is 4.03. The van der Waals surface area contributed by atoms with Gasteiger partial charge in [-0.25, -0.2) is 13.1 Å². The Labute approximate surface area is 166 Å². The number of amides is 1. The number of hydrogen-bond acceptors (Lipinski definition) is 5. The molecule has 0 spiro atoms. The molecule has 1 amide bonds. The molecule has 1 aromatic carbocycles. The van der Waals surface area contributed by atoms with Crippen molar-refractivity contribution in [1.82, 2.24) is 19.6 Å². The van der Waals surface area contributed by atoms with Gasteiger partial charge in [0, 0.05) is 39.0 Å². The van der Waals surface area contributed by atoms with Crippen LogP contribution >= 0.6 is 0 Å². The molecule has 1 saturated heterocycles. The van der Waals surface area contributed by atoms with Gasteiger partial charge in [-0.1, -0.05) is 24.6 Å². The average molecular weight is 405 g/mol. The number of piperazine rings is 1. The number of carbonyl (C=O) groups excluding carboxylic acids is 1. The summed E-state index contributed by atoms with van der Waals surface area (Å²) in [6, 6.07) is 8.09. The van der Waals surface area contributed by atoms with Crippen molar-refractivity contribution < 1.29 is 13.2 Å². The summed E-state index contributed by atoms with van der Waals surface area (Å²) in [4.78, 5) is 17.0. The quantitative estimate of drug-likeness (QED) is 0.730. The number of benzene rings is 1. The van der Waals surface area contributed by atoms with Crippen LogP contribution in [-0.2, 0) is 16.3 Å². The van der Waals surface area contributed by atoms with E-state index in [2.05, 4.69) is 10.00 Å². The van der Waals surface area contributed by atoms with Crippen molar-refractivity contribution in [3.8, 4) is 5.69 Å². The molecule has 3 rings (SSSR count). The Kier molecular flexibility index (Phi) is 6.20. The number of aryl methyl sites for hydroxylation is 1. The Hall–Kier alpha value is -2.19. The third-order valence-corrected chi connectivity index (χ3v) is 6.07. The Bertz CT molecular complexity index is 927. The van der Waals surface area contributed by atoms with E-state index in [0.29, 0.717) is 44.7 Å². The maximum absolute atomic E-state index is 13.1. The second-order valence-electron chi connectivity index (χ2n) is 7.37. The average Bonchev–Trinajstić information content (AvgIpc) is 3.10. The minimum absolute atomic E-state index is 0.00188. The van der Waals surface area contributed by atoms with E-state index < -0.39 is 9.84 Å². The van der Waals surface area contributed by atoms with E-state index in [0.717, 1.165) is 11.4 Å². The molecule has 7 nitrogen and oxygen atoms in total. The van der Waals surface area contributed by atoms with Crippen LogP contribution in [0.1, 0.15) is 28.5 Å². The molecule has 0 unspecified atom stereocenters. The Morgan fingerprint density at radius 1 is 1.11 bits per heavy atom. The van der Waals surface area contributed by atoms with E-state index >= 15 is 0 Å². The predicted molar refractivity (Wildman–Crippen MR) is 110 cm³/mol. The molecule has 2 heterocycles. The van der Waals surface area contributed by atoms with Gasteiger partial charge in [0.15, 0.2) is 0 Å². The number of aromatic nitrogens is 2. The van der Waals surface area contributed by atoms with Gasteiger partial charge in [0.1, 0.15) is 9.84 Å². The first-order valence-electron chi connectivity index (χ1n) is 9.62. The van der Waals surface area contributed by atoms with Crippen LogP contribution in [0.5, 0.6) is 0 Å². The molecular weight excluding hydrogens is 376 g/mol. The second-order valence-corrected chi connectivity index (χ2v) is 9.63. The summed E-state index contributed by atoms with van der Waals surface area (Å²) in [6.07, 6.45) is 3.63. The summed E-state index contributed by atoms with van der Waals surface area (Å²) >= 11 is 0. The van der Waals surface area contributed by atoms with E-state index in [1.807, 2.05) is 47.7 Å². The van der Waals surface area contributed by atoms with Gasteiger partial charge in [-0.3, -0.25) is 9.69 Å². The molecule has 1 fully saturated rings.